The Kier molecular flexibility index (Phi) is 4.85. The summed E-state index contributed by atoms with van der Waals surface area (Å²) >= 11 is 3.06. The van der Waals surface area contributed by atoms with Crippen LogP contribution >= 0.6 is 15.9 Å². The fourth-order valence-electron chi connectivity index (χ4n) is 1.28. The van der Waals surface area contributed by atoms with Crippen LogP contribution in [0.1, 0.15) is 24.2 Å². The van der Waals surface area contributed by atoms with E-state index in [1.807, 2.05) is 0 Å². The molecule has 1 aromatic rings. The van der Waals surface area contributed by atoms with Crippen molar-refractivity contribution in [2.75, 3.05) is 5.33 Å². The van der Waals surface area contributed by atoms with Crippen molar-refractivity contribution in [2.24, 2.45) is 0 Å². The lowest BCUT2D eigenvalue weighted by atomic mass is 10.2. The van der Waals surface area contributed by atoms with E-state index >= 15 is 0 Å². The van der Waals surface area contributed by atoms with Gasteiger partial charge in [-0.3, -0.25) is 4.79 Å². The Morgan fingerprint density at radius 3 is 2.24 bits per heavy atom. The number of hydrogen-bond donors (Lipinski definition) is 1. The Morgan fingerprint density at radius 2 is 1.82 bits per heavy atom. The molecule has 0 atom stereocenters. The second kappa shape index (κ2) is 5.75. The van der Waals surface area contributed by atoms with Crippen molar-refractivity contribution in [2.45, 2.75) is 24.8 Å². The molecule has 0 spiro atoms. The summed E-state index contributed by atoms with van der Waals surface area (Å²) in [4.78, 5) is 11.5. The first-order chi connectivity index (χ1) is 7.86. The van der Waals surface area contributed by atoms with E-state index in [2.05, 4.69) is 20.7 Å². The average Bonchev–Trinajstić information content (AvgIpc) is 2.26. The lowest BCUT2D eigenvalue weighted by Gasteiger charge is -2.09. The third-order valence-electron chi connectivity index (χ3n) is 2.00. The number of nitrogens with one attached hydrogen (secondary N) is 1. The molecule has 0 saturated carbocycles. The second-order valence-corrected chi connectivity index (χ2v) is 6.13. The molecular formula is C11H14BrNO3S. The van der Waals surface area contributed by atoms with Crippen LogP contribution < -0.4 is 4.72 Å². The predicted molar refractivity (Wildman–Crippen MR) is 70.0 cm³/mol. The number of carbonyl (C=O) groups excluding carboxylic acids is 1. The highest BCUT2D eigenvalue weighted by molar-refractivity contribution is 9.09. The summed E-state index contributed by atoms with van der Waals surface area (Å²) in [7, 11) is -3.48. The summed E-state index contributed by atoms with van der Waals surface area (Å²) in [5.41, 5.74) is 0.491. The molecule has 0 unspecified atom stereocenters. The minimum absolute atomic E-state index is 0.0780. The van der Waals surface area contributed by atoms with E-state index in [1.165, 1.54) is 24.3 Å². The van der Waals surface area contributed by atoms with Crippen LogP contribution in [0.5, 0.6) is 0 Å². The predicted octanol–water partition coefficient (Wildman–Crippen LogP) is 1.95. The van der Waals surface area contributed by atoms with Crippen LogP contribution in [-0.4, -0.2) is 25.6 Å². The molecule has 0 fully saturated rings. The Morgan fingerprint density at radius 1 is 1.29 bits per heavy atom. The van der Waals surface area contributed by atoms with Crippen LogP contribution in [0.4, 0.5) is 0 Å². The lowest BCUT2D eigenvalue weighted by Crippen LogP contribution is -2.30. The Labute approximate surface area is 110 Å². The van der Waals surface area contributed by atoms with Gasteiger partial charge < -0.3 is 0 Å². The lowest BCUT2D eigenvalue weighted by molar-refractivity contribution is 0.102. The SMILES string of the molecule is CC(C)NS(=O)(=O)c1ccc(C(=O)CBr)cc1. The van der Waals surface area contributed by atoms with Gasteiger partial charge in [0, 0.05) is 11.6 Å². The van der Waals surface area contributed by atoms with E-state index in [0.717, 1.165) is 0 Å². The van der Waals surface area contributed by atoms with Gasteiger partial charge >= 0.3 is 0 Å². The van der Waals surface area contributed by atoms with Crippen LogP contribution in [-0.2, 0) is 10.0 Å². The maximum Gasteiger partial charge on any atom is 0.240 e. The molecule has 0 aromatic heterocycles. The van der Waals surface area contributed by atoms with Crippen LogP contribution in [0.15, 0.2) is 29.2 Å². The van der Waals surface area contributed by atoms with Crippen molar-refractivity contribution in [1.82, 2.24) is 4.72 Å². The van der Waals surface area contributed by atoms with Crippen molar-refractivity contribution < 1.29 is 13.2 Å². The van der Waals surface area contributed by atoms with Gasteiger partial charge in [-0.1, -0.05) is 28.1 Å². The minimum Gasteiger partial charge on any atom is -0.293 e. The molecule has 4 nitrogen and oxygen atoms in total. The molecule has 0 amide bonds. The quantitative estimate of drug-likeness (QED) is 0.666. The smallest absolute Gasteiger partial charge is 0.240 e. The molecule has 0 aliphatic rings. The van der Waals surface area contributed by atoms with Gasteiger partial charge in [0.1, 0.15) is 0 Å². The van der Waals surface area contributed by atoms with Crippen LogP contribution in [0.2, 0.25) is 0 Å². The summed E-state index contributed by atoms with van der Waals surface area (Å²) < 4.78 is 26.1. The highest BCUT2D eigenvalue weighted by Gasteiger charge is 2.15. The van der Waals surface area contributed by atoms with Crippen molar-refractivity contribution in [3.8, 4) is 0 Å². The normalized spacial score (nSPS) is 11.8. The summed E-state index contributed by atoms with van der Waals surface area (Å²) in [6.45, 7) is 3.50. The molecule has 0 saturated heterocycles. The molecule has 0 heterocycles. The van der Waals surface area contributed by atoms with Crippen molar-refractivity contribution in [1.29, 1.82) is 0 Å². The maximum atomic E-state index is 11.8. The second-order valence-electron chi connectivity index (χ2n) is 3.86. The van der Waals surface area contributed by atoms with Crippen molar-refractivity contribution in [3.63, 3.8) is 0 Å². The van der Waals surface area contributed by atoms with Gasteiger partial charge in [0.2, 0.25) is 10.0 Å². The highest BCUT2D eigenvalue weighted by atomic mass is 79.9. The number of ketones is 1. The third-order valence-corrected chi connectivity index (χ3v) is 4.18. The molecule has 0 aliphatic carbocycles. The van der Waals surface area contributed by atoms with Crippen LogP contribution in [0, 0.1) is 0 Å². The number of halogens is 1. The van der Waals surface area contributed by atoms with Gasteiger partial charge in [-0.2, -0.15) is 0 Å². The molecule has 17 heavy (non-hydrogen) atoms. The van der Waals surface area contributed by atoms with Gasteiger partial charge in [0.15, 0.2) is 5.78 Å². The Bertz CT molecular complexity index is 494. The molecule has 0 radical (unpaired) electrons. The Hall–Kier alpha value is -0.720. The molecule has 1 N–H and O–H groups in total. The monoisotopic (exact) mass is 319 g/mol. The third kappa shape index (κ3) is 3.90. The van der Waals surface area contributed by atoms with E-state index in [-0.39, 0.29) is 22.1 Å². The van der Waals surface area contributed by atoms with Gasteiger partial charge in [-0.05, 0) is 26.0 Å². The zero-order valence-corrected chi connectivity index (χ0v) is 12.0. The van der Waals surface area contributed by atoms with Gasteiger partial charge in [-0.25, -0.2) is 13.1 Å². The topological polar surface area (TPSA) is 63.2 Å². The van der Waals surface area contributed by atoms with Gasteiger partial charge in [0.25, 0.3) is 0 Å². The summed E-state index contributed by atoms with van der Waals surface area (Å²) in [6.07, 6.45) is 0. The van der Waals surface area contributed by atoms with Crippen molar-refractivity contribution in [3.05, 3.63) is 29.8 Å². The Balaban J connectivity index is 2.99. The van der Waals surface area contributed by atoms with Crippen molar-refractivity contribution >= 4 is 31.7 Å². The fourth-order valence-corrected chi connectivity index (χ4v) is 2.85. The maximum absolute atomic E-state index is 11.8. The number of hydrogen-bond acceptors (Lipinski definition) is 3. The number of sulfonamides is 1. The van der Waals surface area contributed by atoms with Crippen LogP contribution in [0.25, 0.3) is 0 Å². The molecule has 1 rings (SSSR count). The number of benzene rings is 1. The molecule has 0 aliphatic heterocycles. The van der Waals surface area contributed by atoms with E-state index in [0.29, 0.717) is 5.56 Å². The summed E-state index contributed by atoms with van der Waals surface area (Å²) in [6, 6.07) is 5.72. The summed E-state index contributed by atoms with van der Waals surface area (Å²) in [5.74, 6) is -0.0780. The number of Topliss-reactive ketones (excluding diaryl/α,β-unsaturated/α-hetero) is 1. The fraction of sp³-hybridized carbons (Fsp3) is 0.364. The standard InChI is InChI=1S/C11H14BrNO3S/c1-8(2)13-17(15,16)10-5-3-9(4-6-10)11(14)7-12/h3-6,8,13H,7H2,1-2H3. The molecule has 6 heteroatoms. The van der Waals surface area contributed by atoms with Crippen LogP contribution in [0.3, 0.4) is 0 Å². The van der Waals surface area contributed by atoms with E-state index in [4.69, 9.17) is 0 Å². The number of alkyl halides is 1. The summed E-state index contributed by atoms with van der Waals surface area (Å²) in [5, 5.41) is 0.226. The molecular weight excluding hydrogens is 306 g/mol. The van der Waals surface area contributed by atoms with E-state index < -0.39 is 10.0 Å². The molecule has 0 bridgehead atoms. The molecule has 1 aromatic carbocycles. The minimum atomic E-state index is -3.48. The zero-order chi connectivity index (χ0) is 13.1. The van der Waals surface area contributed by atoms with E-state index in [1.54, 1.807) is 13.8 Å². The average molecular weight is 320 g/mol. The van der Waals surface area contributed by atoms with Gasteiger partial charge in [0.05, 0.1) is 10.2 Å². The first-order valence-corrected chi connectivity index (χ1v) is 7.69. The number of rotatable bonds is 5. The first-order valence-electron chi connectivity index (χ1n) is 5.08. The number of carbonyl (C=O) groups is 1. The van der Waals surface area contributed by atoms with E-state index in [9.17, 15) is 13.2 Å². The molecule has 94 valence electrons. The van der Waals surface area contributed by atoms with Gasteiger partial charge in [-0.15, -0.1) is 0 Å². The zero-order valence-electron chi connectivity index (χ0n) is 9.60. The largest absolute Gasteiger partial charge is 0.293 e. The first kappa shape index (κ1) is 14.3. The highest BCUT2D eigenvalue weighted by Crippen LogP contribution is 2.12.